The van der Waals surface area contributed by atoms with E-state index in [2.05, 4.69) is 30.5 Å². The number of halogens is 1. The number of hydrogen-bond donors (Lipinski definition) is 0. The fraction of sp³-hybridized carbons (Fsp3) is 0.455. The molecule has 0 spiro atoms. The molecule has 0 amide bonds. The molecule has 4 heteroatoms. The highest BCUT2D eigenvalue weighted by Crippen LogP contribution is 2.21. The first-order chi connectivity index (χ1) is 6.45. The lowest BCUT2D eigenvalue weighted by Crippen LogP contribution is -2.13. The van der Waals surface area contributed by atoms with Crippen LogP contribution in [0.25, 0.3) is 0 Å². The molecule has 0 radical (unpaired) electrons. The molecule has 0 bridgehead atoms. The highest BCUT2D eigenvalue weighted by Gasteiger charge is 2.16. The Morgan fingerprint density at radius 2 is 1.93 bits per heavy atom. The van der Waals surface area contributed by atoms with E-state index in [0.717, 1.165) is 5.56 Å². The van der Waals surface area contributed by atoms with Crippen molar-refractivity contribution in [3.8, 4) is 0 Å². The Bertz CT molecular complexity index is 345. The van der Waals surface area contributed by atoms with Crippen molar-refractivity contribution < 1.29 is 9.53 Å². The summed E-state index contributed by atoms with van der Waals surface area (Å²) in [6, 6.07) is 1.82. The van der Waals surface area contributed by atoms with Gasteiger partial charge in [-0.25, -0.2) is 4.79 Å². The van der Waals surface area contributed by atoms with Gasteiger partial charge >= 0.3 is 5.97 Å². The number of hydrogen-bond acceptors (Lipinski definition) is 3. The molecule has 0 aliphatic heterocycles. The molecular weight excluding hydrogens is 214 g/mol. The summed E-state index contributed by atoms with van der Waals surface area (Å²) in [5.74, 6) is -0.344. The van der Waals surface area contributed by atoms with E-state index in [1.54, 1.807) is 6.20 Å². The van der Waals surface area contributed by atoms with Gasteiger partial charge in [0, 0.05) is 12.4 Å². The fourth-order valence-electron chi connectivity index (χ4n) is 1.08. The molecular formula is C11H16ClNO2. The third-order valence-corrected chi connectivity index (χ3v) is 2.03. The van der Waals surface area contributed by atoms with E-state index in [-0.39, 0.29) is 23.8 Å². The molecule has 15 heavy (non-hydrogen) atoms. The Morgan fingerprint density at radius 1 is 1.33 bits per heavy atom. The minimum absolute atomic E-state index is 0. The number of methoxy groups -OCH3 is 1. The first-order valence-corrected chi connectivity index (χ1v) is 4.49. The number of esters is 1. The SMILES string of the molecule is COC(=O)c1cncc(C(C)(C)C)c1.Cl. The molecule has 0 saturated carbocycles. The van der Waals surface area contributed by atoms with E-state index >= 15 is 0 Å². The molecule has 0 fully saturated rings. The van der Waals surface area contributed by atoms with Gasteiger partial charge in [0.2, 0.25) is 0 Å². The second kappa shape index (κ2) is 5.12. The normalized spacial score (nSPS) is 10.4. The summed E-state index contributed by atoms with van der Waals surface area (Å²) in [6.07, 6.45) is 3.29. The van der Waals surface area contributed by atoms with Gasteiger partial charge in [-0.3, -0.25) is 4.98 Å². The van der Waals surface area contributed by atoms with Crippen LogP contribution in [0.15, 0.2) is 18.5 Å². The third kappa shape index (κ3) is 3.51. The molecule has 0 aliphatic rings. The number of rotatable bonds is 1. The van der Waals surface area contributed by atoms with Crippen LogP contribution in [0.5, 0.6) is 0 Å². The molecule has 1 heterocycles. The molecule has 0 saturated heterocycles. The number of carbonyl (C=O) groups is 1. The topological polar surface area (TPSA) is 39.2 Å². The minimum Gasteiger partial charge on any atom is -0.465 e. The first kappa shape index (κ1) is 13.9. The lowest BCUT2D eigenvalue weighted by Gasteiger charge is -2.18. The predicted octanol–water partition coefficient (Wildman–Crippen LogP) is 2.59. The monoisotopic (exact) mass is 229 g/mol. The molecule has 0 aromatic carbocycles. The zero-order chi connectivity index (χ0) is 10.8. The number of carbonyl (C=O) groups excluding carboxylic acids is 1. The predicted molar refractivity (Wildman–Crippen MR) is 61.5 cm³/mol. The summed E-state index contributed by atoms with van der Waals surface area (Å²) in [6.45, 7) is 6.22. The summed E-state index contributed by atoms with van der Waals surface area (Å²) < 4.78 is 4.62. The van der Waals surface area contributed by atoms with Crippen LogP contribution in [0.3, 0.4) is 0 Å². The van der Waals surface area contributed by atoms with Gasteiger partial charge in [-0.05, 0) is 17.0 Å². The van der Waals surface area contributed by atoms with Crippen LogP contribution in [0, 0.1) is 0 Å². The second-order valence-electron chi connectivity index (χ2n) is 4.20. The Morgan fingerprint density at radius 3 is 2.40 bits per heavy atom. The van der Waals surface area contributed by atoms with Crippen molar-refractivity contribution in [2.45, 2.75) is 26.2 Å². The van der Waals surface area contributed by atoms with Crippen LogP contribution in [-0.2, 0) is 10.2 Å². The van der Waals surface area contributed by atoms with E-state index in [0.29, 0.717) is 5.56 Å². The van der Waals surface area contributed by atoms with E-state index in [1.165, 1.54) is 13.3 Å². The van der Waals surface area contributed by atoms with Crippen LogP contribution >= 0.6 is 12.4 Å². The smallest absolute Gasteiger partial charge is 0.339 e. The summed E-state index contributed by atoms with van der Waals surface area (Å²) in [5.41, 5.74) is 1.53. The van der Waals surface area contributed by atoms with Gasteiger partial charge in [0.1, 0.15) is 0 Å². The van der Waals surface area contributed by atoms with E-state index in [9.17, 15) is 4.79 Å². The highest BCUT2D eigenvalue weighted by molar-refractivity contribution is 5.89. The lowest BCUT2D eigenvalue weighted by molar-refractivity contribution is 0.0600. The fourth-order valence-corrected chi connectivity index (χ4v) is 1.08. The third-order valence-electron chi connectivity index (χ3n) is 2.03. The molecule has 1 aromatic rings. The van der Waals surface area contributed by atoms with Crippen molar-refractivity contribution in [2.24, 2.45) is 0 Å². The van der Waals surface area contributed by atoms with Gasteiger partial charge in [-0.15, -0.1) is 12.4 Å². The van der Waals surface area contributed by atoms with Crippen LogP contribution in [0.1, 0.15) is 36.7 Å². The minimum atomic E-state index is -0.344. The summed E-state index contributed by atoms with van der Waals surface area (Å²) in [4.78, 5) is 15.2. The molecule has 0 N–H and O–H groups in total. The average Bonchev–Trinajstić information content (AvgIpc) is 2.15. The Hall–Kier alpha value is -1.09. The lowest BCUT2D eigenvalue weighted by atomic mass is 9.88. The van der Waals surface area contributed by atoms with Crippen molar-refractivity contribution >= 4 is 18.4 Å². The average molecular weight is 230 g/mol. The summed E-state index contributed by atoms with van der Waals surface area (Å²) in [7, 11) is 1.37. The van der Waals surface area contributed by atoms with Crippen LogP contribution < -0.4 is 0 Å². The maximum atomic E-state index is 11.2. The van der Waals surface area contributed by atoms with E-state index < -0.39 is 0 Å². The maximum absolute atomic E-state index is 11.2. The quantitative estimate of drug-likeness (QED) is 0.695. The highest BCUT2D eigenvalue weighted by atomic mass is 35.5. The van der Waals surface area contributed by atoms with Gasteiger partial charge in [0.25, 0.3) is 0 Å². The molecule has 0 aliphatic carbocycles. The zero-order valence-electron chi connectivity index (χ0n) is 9.40. The number of nitrogens with zero attached hydrogens (tertiary/aromatic N) is 1. The molecule has 1 aromatic heterocycles. The van der Waals surface area contributed by atoms with Gasteiger partial charge < -0.3 is 4.74 Å². The Balaban J connectivity index is 0.00000196. The number of pyridine rings is 1. The van der Waals surface area contributed by atoms with Crippen molar-refractivity contribution in [1.29, 1.82) is 0 Å². The van der Waals surface area contributed by atoms with Crippen LogP contribution in [0.4, 0.5) is 0 Å². The Kier molecular flexibility index (Phi) is 4.75. The molecule has 0 atom stereocenters. The molecule has 1 rings (SSSR count). The second-order valence-corrected chi connectivity index (χ2v) is 4.20. The van der Waals surface area contributed by atoms with Gasteiger partial charge in [-0.1, -0.05) is 20.8 Å². The van der Waals surface area contributed by atoms with Crippen LogP contribution in [0.2, 0.25) is 0 Å². The van der Waals surface area contributed by atoms with Crippen LogP contribution in [-0.4, -0.2) is 18.1 Å². The van der Waals surface area contributed by atoms with Crippen molar-refractivity contribution in [2.75, 3.05) is 7.11 Å². The maximum Gasteiger partial charge on any atom is 0.339 e. The molecule has 3 nitrogen and oxygen atoms in total. The zero-order valence-corrected chi connectivity index (χ0v) is 10.2. The molecule has 84 valence electrons. The summed E-state index contributed by atoms with van der Waals surface area (Å²) in [5, 5.41) is 0. The van der Waals surface area contributed by atoms with E-state index in [1.807, 2.05) is 6.07 Å². The van der Waals surface area contributed by atoms with E-state index in [4.69, 9.17) is 0 Å². The Labute approximate surface area is 96.3 Å². The largest absolute Gasteiger partial charge is 0.465 e. The summed E-state index contributed by atoms with van der Waals surface area (Å²) >= 11 is 0. The first-order valence-electron chi connectivity index (χ1n) is 4.49. The molecule has 0 unspecified atom stereocenters. The van der Waals surface area contributed by atoms with Gasteiger partial charge in [0.15, 0.2) is 0 Å². The standard InChI is InChI=1S/C11H15NO2.ClH/c1-11(2,3)9-5-8(6-12-7-9)10(13)14-4;/h5-7H,1-4H3;1H. The van der Waals surface area contributed by atoms with Crippen molar-refractivity contribution in [3.05, 3.63) is 29.6 Å². The number of aromatic nitrogens is 1. The van der Waals surface area contributed by atoms with Crippen molar-refractivity contribution in [1.82, 2.24) is 4.98 Å². The van der Waals surface area contributed by atoms with Crippen molar-refractivity contribution in [3.63, 3.8) is 0 Å². The van der Waals surface area contributed by atoms with Gasteiger partial charge in [-0.2, -0.15) is 0 Å². The van der Waals surface area contributed by atoms with Gasteiger partial charge in [0.05, 0.1) is 12.7 Å². The number of ether oxygens (including phenoxy) is 1.